The minimum atomic E-state index is -0.163. The molecule has 0 fully saturated rings. The number of para-hydroxylation sites is 1. The molecule has 1 aromatic heterocycles. The van der Waals surface area contributed by atoms with Crippen molar-refractivity contribution in [3.05, 3.63) is 106 Å². The number of nitriles is 1. The first-order chi connectivity index (χ1) is 14.2. The maximum Gasteiger partial charge on any atom is 0.266 e. The molecule has 1 heterocycles. The lowest BCUT2D eigenvalue weighted by Crippen LogP contribution is -2.22. The molecule has 4 rings (SSSR count). The Morgan fingerprint density at radius 2 is 1.72 bits per heavy atom. The van der Waals surface area contributed by atoms with E-state index in [4.69, 9.17) is 11.7 Å². The number of rotatable bonds is 3. The van der Waals surface area contributed by atoms with Gasteiger partial charge >= 0.3 is 0 Å². The maximum atomic E-state index is 13.2. The summed E-state index contributed by atoms with van der Waals surface area (Å²) in [7, 11) is 0. The predicted molar refractivity (Wildman–Crippen MR) is 115 cm³/mol. The van der Waals surface area contributed by atoms with Crippen LogP contribution in [0.25, 0.3) is 28.7 Å². The van der Waals surface area contributed by atoms with Crippen LogP contribution in [0.5, 0.6) is 0 Å². The molecular formula is C25H15N3O. The van der Waals surface area contributed by atoms with Gasteiger partial charge in [-0.05, 0) is 54.1 Å². The van der Waals surface area contributed by atoms with Gasteiger partial charge in [0.15, 0.2) is 0 Å². The Bertz CT molecular complexity index is 1380. The molecule has 4 aromatic rings. The summed E-state index contributed by atoms with van der Waals surface area (Å²) in [5.41, 5.74) is 3.29. The summed E-state index contributed by atoms with van der Waals surface area (Å²) in [6, 6.07) is 23.8. The van der Waals surface area contributed by atoms with E-state index in [9.17, 15) is 4.79 Å². The SMILES string of the molecule is C#Cc1cccc(-n2c(/C=C/c3ccc(C#N)cc3)nc3ccccc3c2=O)c1. The second-order valence-corrected chi connectivity index (χ2v) is 6.39. The highest BCUT2D eigenvalue weighted by Gasteiger charge is 2.11. The quantitative estimate of drug-likeness (QED) is 0.500. The summed E-state index contributed by atoms with van der Waals surface area (Å²) >= 11 is 0. The van der Waals surface area contributed by atoms with Gasteiger partial charge in [0, 0.05) is 5.56 Å². The molecule has 136 valence electrons. The van der Waals surface area contributed by atoms with Crippen LogP contribution in [0, 0.1) is 23.7 Å². The highest BCUT2D eigenvalue weighted by atomic mass is 16.1. The van der Waals surface area contributed by atoms with Gasteiger partial charge in [-0.25, -0.2) is 4.98 Å². The zero-order chi connectivity index (χ0) is 20.2. The van der Waals surface area contributed by atoms with Crippen molar-refractivity contribution in [1.82, 2.24) is 9.55 Å². The van der Waals surface area contributed by atoms with E-state index < -0.39 is 0 Å². The highest BCUT2D eigenvalue weighted by molar-refractivity contribution is 5.80. The van der Waals surface area contributed by atoms with Gasteiger partial charge in [0.1, 0.15) is 5.82 Å². The van der Waals surface area contributed by atoms with E-state index in [0.717, 1.165) is 5.56 Å². The molecule has 0 amide bonds. The van der Waals surface area contributed by atoms with Crippen LogP contribution in [0.1, 0.15) is 22.5 Å². The fourth-order valence-corrected chi connectivity index (χ4v) is 3.09. The van der Waals surface area contributed by atoms with E-state index >= 15 is 0 Å². The van der Waals surface area contributed by atoms with Gasteiger partial charge in [0.2, 0.25) is 0 Å². The number of nitrogens with zero attached hydrogens (tertiary/aromatic N) is 3. The summed E-state index contributed by atoms with van der Waals surface area (Å²) in [6.07, 6.45) is 9.18. The molecule has 0 radical (unpaired) electrons. The van der Waals surface area contributed by atoms with E-state index in [0.29, 0.717) is 33.5 Å². The normalized spacial score (nSPS) is 10.7. The Kier molecular flexibility index (Phi) is 4.76. The monoisotopic (exact) mass is 373 g/mol. The Hall–Kier alpha value is -4.41. The van der Waals surface area contributed by atoms with Crippen LogP contribution in [0.2, 0.25) is 0 Å². The third-order valence-electron chi connectivity index (χ3n) is 4.54. The van der Waals surface area contributed by atoms with E-state index in [1.807, 2.05) is 54.6 Å². The lowest BCUT2D eigenvalue weighted by atomic mass is 10.1. The predicted octanol–water partition coefficient (Wildman–Crippen LogP) is 4.41. The molecule has 0 bridgehead atoms. The Morgan fingerprint density at radius 3 is 2.48 bits per heavy atom. The van der Waals surface area contributed by atoms with Gasteiger partial charge in [-0.2, -0.15) is 5.26 Å². The van der Waals surface area contributed by atoms with Crippen LogP contribution in [-0.4, -0.2) is 9.55 Å². The van der Waals surface area contributed by atoms with Crippen molar-refractivity contribution >= 4 is 23.1 Å². The summed E-state index contributed by atoms with van der Waals surface area (Å²) in [6.45, 7) is 0. The summed E-state index contributed by atoms with van der Waals surface area (Å²) in [5, 5.41) is 9.48. The van der Waals surface area contributed by atoms with Gasteiger partial charge in [0.25, 0.3) is 5.56 Å². The molecule has 0 N–H and O–H groups in total. The zero-order valence-corrected chi connectivity index (χ0v) is 15.4. The smallest absolute Gasteiger partial charge is 0.266 e. The largest absolute Gasteiger partial charge is 0.268 e. The third-order valence-corrected chi connectivity index (χ3v) is 4.54. The highest BCUT2D eigenvalue weighted by Crippen LogP contribution is 2.16. The van der Waals surface area contributed by atoms with Gasteiger partial charge in [-0.1, -0.05) is 42.3 Å². The average molecular weight is 373 g/mol. The molecule has 3 aromatic carbocycles. The molecule has 0 unspecified atom stereocenters. The van der Waals surface area contributed by atoms with Crippen molar-refractivity contribution in [1.29, 1.82) is 5.26 Å². The van der Waals surface area contributed by atoms with Crippen LogP contribution in [-0.2, 0) is 0 Å². The van der Waals surface area contributed by atoms with Crippen LogP contribution < -0.4 is 5.56 Å². The van der Waals surface area contributed by atoms with Crippen LogP contribution >= 0.6 is 0 Å². The van der Waals surface area contributed by atoms with Crippen molar-refractivity contribution in [2.75, 3.05) is 0 Å². The first-order valence-corrected chi connectivity index (χ1v) is 8.97. The van der Waals surface area contributed by atoms with Gasteiger partial charge in [0.05, 0.1) is 28.2 Å². The van der Waals surface area contributed by atoms with E-state index in [1.54, 1.807) is 34.9 Å². The molecule has 0 saturated heterocycles. The molecule has 0 aliphatic heterocycles. The second-order valence-electron chi connectivity index (χ2n) is 6.39. The number of fused-ring (bicyclic) bond motifs is 1. The molecule has 29 heavy (non-hydrogen) atoms. The molecule has 0 atom stereocenters. The minimum Gasteiger partial charge on any atom is -0.268 e. The number of hydrogen-bond donors (Lipinski definition) is 0. The standard InChI is InChI=1S/C25H15N3O/c1-2-18-6-5-7-21(16-18)28-24(15-14-19-10-12-20(17-26)13-11-19)27-23-9-4-3-8-22(23)25(28)29/h1,3-16H/b15-14+. The number of hydrogen-bond acceptors (Lipinski definition) is 3. The average Bonchev–Trinajstić information content (AvgIpc) is 2.78. The topological polar surface area (TPSA) is 58.7 Å². The summed E-state index contributed by atoms with van der Waals surface area (Å²) in [5.74, 6) is 3.09. The Balaban J connectivity index is 1.91. The van der Waals surface area contributed by atoms with Crippen molar-refractivity contribution in [2.24, 2.45) is 0 Å². The first-order valence-electron chi connectivity index (χ1n) is 8.97. The number of aromatic nitrogens is 2. The lowest BCUT2D eigenvalue weighted by molar-refractivity contribution is 0.943. The fraction of sp³-hybridized carbons (Fsp3) is 0. The van der Waals surface area contributed by atoms with Crippen LogP contribution in [0.3, 0.4) is 0 Å². The van der Waals surface area contributed by atoms with Gasteiger partial charge in [-0.3, -0.25) is 9.36 Å². The molecule has 4 nitrogen and oxygen atoms in total. The lowest BCUT2D eigenvalue weighted by Gasteiger charge is -2.12. The molecule has 0 spiro atoms. The van der Waals surface area contributed by atoms with E-state index in [-0.39, 0.29) is 5.56 Å². The van der Waals surface area contributed by atoms with E-state index in [2.05, 4.69) is 17.0 Å². The minimum absolute atomic E-state index is 0.163. The molecule has 0 aliphatic carbocycles. The third kappa shape index (κ3) is 3.56. The van der Waals surface area contributed by atoms with Crippen LogP contribution in [0.4, 0.5) is 0 Å². The van der Waals surface area contributed by atoms with Crippen LogP contribution in [0.15, 0.2) is 77.6 Å². The summed E-state index contributed by atoms with van der Waals surface area (Å²) in [4.78, 5) is 17.9. The maximum absolute atomic E-state index is 13.2. The van der Waals surface area contributed by atoms with Crippen molar-refractivity contribution in [3.8, 4) is 24.1 Å². The molecular weight excluding hydrogens is 358 g/mol. The molecule has 4 heteroatoms. The Labute approximate surface area is 168 Å². The van der Waals surface area contributed by atoms with Crippen molar-refractivity contribution in [2.45, 2.75) is 0 Å². The molecule has 0 saturated carbocycles. The van der Waals surface area contributed by atoms with Gasteiger partial charge < -0.3 is 0 Å². The second kappa shape index (κ2) is 7.68. The van der Waals surface area contributed by atoms with Crippen molar-refractivity contribution < 1.29 is 0 Å². The Morgan fingerprint density at radius 1 is 0.931 bits per heavy atom. The van der Waals surface area contributed by atoms with Gasteiger partial charge in [-0.15, -0.1) is 6.42 Å². The van der Waals surface area contributed by atoms with E-state index in [1.165, 1.54) is 0 Å². The fourth-order valence-electron chi connectivity index (χ4n) is 3.09. The summed E-state index contributed by atoms with van der Waals surface area (Å²) < 4.78 is 1.56. The first kappa shape index (κ1) is 18.0. The number of benzene rings is 3. The molecule has 0 aliphatic rings. The zero-order valence-electron chi connectivity index (χ0n) is 15.4. The van der Waals surface area contributed by atoms with Crippen molar-refractivity contribution in [3.63, 3.8) is 0 Å². The number of terminal acetylenes is 1.